The zero-order chi connectivity index (χ0) is 24.2. The van der Waals surface area contributed by atoms with Gasteiger partial charge in [-0.1, -0.05) is 35.5 Å². The number of nitrogens with one attached hydrogen (secondary N) is 1. The van der Waals surface area contributed by atoms with Crippen molar-refractivity contribution in [2.24, 2.45) is 0 Å². The van der Waals surface area contributed by atoms with Gasteiger partial charge in [0.1, 0.15) is 17.1 Å². The Morgan fingerprint density at radius 3 is 2.21 bits per heavy atom. The van der Waals surface area contributed by atoms with Gasteiger partial charge in [0, 0.05) is 20.9 Å². The Morgan fingerprint density at radius 2 is 1.59 bits per heavy atom. The summed E-state index contributed by atoms with van der Waals surface area (Å²) in [4.78, 5) is 29.2. The number of thiocarbonyl (C=S) groups is 1. The number of anilines is 1. The van der Waals surface area contributed by atoms with Crippen molar-refractivity contribution >= 4 is 64.3 Å². The molecule has 0 aromatic heterocycles. The molecule has 4 rings (SSSR count). The first-order valence-electron chi connectivity index (χ1n) is 10.1. The Labute approximate surface area is 211 Å². The second kappa shape index (κ2) is 10.3. The van der Waals surface area contributed by atoms with Crippen molar-refractivity contribution in [1.29, 1.82) is 0 Å². The summed E-state index contributed by atoms with van der Waals surface area (Å²) in [5.74, 6) is -0.156. The lowest BCUT2D eigenvalue weighted by Crippen LogP contribution is -2.54. The fraction of sp³-hybridized carbons (Fsp3) is 0.0800. The Kier molecular flexibility index (Phi) is 7.21. The van der Waals surface area contributed by atoms with Crippen LogP contribution < -0.4 is 19.7 Å². The molecule has 0 radical (unpaired) electrons. The first-order valence-corrected chi connectivity index (χ1v) is 11.7. The molecule has 34 heavy (non-hydrogen) atoms. The molecule has 0 atom stereocenters. The van der Waals surface area contributed by atoms with Crippen LogP contribution in [0.2, 0.25) is 5.02 Å². The van der Waals surface area contributed by atoms with E-state index < -0.39 is 11.8 Å². The van der Waals surface area contributed by atoms with Crippen molar-refractivity contribution in [3.05, 3.63) is 82.9 Å². The van der Waals surface area contributed by atoms with Gasteiger partial charge < -0.3 is 9.47 Å². The summed E-state index contributed by atoms with van der Waals surface area (Å²) < 4.78 is 10.6. The summed E-state index contributed by atoms with van der Waals surface area (Å²) in [5, 5.41) is 3.24. The largest absolute Gasteiger partial charge is 0.497 e. The SMILES string of the molecule is COc1ccc(N2C(=O)/C(=C/c3ccc(Sc4ccc(Cl)cc4)cc3)C(=O)NC2=S)c(OC)c1. The molecule has 0 saturated carbocycles. The minimum atomic E-state index is -0.557. The third-order valence-corrected chi connectivity index (χ3v) is 6.52. The molecule has 0 spiro atoms. The lowest BCUT2D eigenvalue weighted by Gasteiger charge is -2.30. The number of nitrogens with zero attached hydrogens (tertiary/aromatic N) is 1. The Bertz CT molecular complexity index is 1290. The number of amides is 2. The predicted octanol–water partition coefficient (Wildman–Crippen LogP) is 5.34. The summed E-state index contributed by atoms with van der Waals surface area (Å²) in [6, 6.07) is 20.1. The van der Waals surface area contributed by atoms with Crippen LogP contribution in [0.4, 0.5) is 5.69 Å². The van der Waals surface area contributed by atoms with E-state index in [9.17, 15) is 9.59 Å². The number of benzene rings is 3. The number of ether oxygens (including phenoxy) is 2. The molecular formula is C25H19ClN2O4S2. The van der Waals surface area contributed by atoms with Crippen LogP contribution in [0.25, 0.3) is 6.08 Å². The van der Waals surface area contributed by atoms with Crippen molar-refractivity contribution < 1.29 is 19.1 Å². The van der Waals surface area contributed by atoms with Crippen LogP contribution in [0.3, 0.4) is 0 Å². The summed E-state index contributed by atoms with van der Waals surface area (Å²) in [6.07, 6.45) is 1.54. The molecule has 3 aromatic carbocycles. The highest BCUT2D eigenvalue weighted by atomic mass is 35.5. The highest BCUT2D eigenvalue weighted by Gasteiger charge is 2.36. The first kappa shape index (κ1) is 23.8. The average molecular weight is 511 g/mol. The van der Waals surface area contributed by atoms with Gasteiger partial charge in [0.2, 0.25) is 0 Å². The number of carbonyl (C=O) groups is 2. The second-order valence-electron chi connectivity index (χ2n) is 7.12. The monoisotopic (exact) mass is 510 g/mol. The minimum Gasteiger partial charge on any atom is -0.497 e. The highest BCUT2D eigenvalue weighted by Crippen LogP contribution is 2.34. The maximum atomic E-state index is 13.3. The molecule has 1 aliphatic rings. The van der Waals surface area contributed by atoms with Crippen LogP contribution in [0.15, 0.2) is 82.1 Å². The van der Waals surface area contributed by atoms with Crippen molar-refractivity contribution in [3.63, 3.8) is 0 Å². The average Bonchev–Trinajstić information content (AvgIpc) is 2.84. The van der Waals surface area contributed by atoms with E-state index in [2.05, 4.69) is 5.32 Å². The maximum absolute atomic E-state index is 13.3. The number of halogens is 1. The molecule has 0 unspecified atom stereocenters. The molecule has 1 heterocycles. The lowest BCUT2D eigenvalue weighted by molar-refractivity contribution is -0.122. The van der Waals surface area contributed by atoms with Crippen LogP contribution in [0.1, 0.15) is 5.56 Å². The molecule has 1 saturated heterocycles. The van der Waals surface area contributed by atoms with Crippen molar-refractivity contribution in [2.75, 3.05) is 19.1 Å². The van der Waals surface area contributed by atoms with Gasteiger partial charge in [-0.05, 0) is 72.4 Å². The van der Waals surface area contributed by atoms with E-state index in [1.807, 2.05) is 48.5 Å². The molecule has 1 aliphatic heterocycles. The summed E-state index contributed by atoms with van der Waals surface area (Å²) in [7, 11) is 3.01. The third-order valence-electron chi connectivity index (χ3n) is 4.97. The Hall–Kier alpha value is -3.33. The minimum absolute atomic E-state index is 0.0228. The molecule has 3 aromatic rings. The molecule has 1 N–H and O–H groups in total. The van der Waals surface area contributed by atoms with E-state index in [-0.39, 0.29) is 10.7 Å². The molecular weight excluding hydrogens is 492 g/mol. The number of hydrogen-bond acceptors (Lipinski definition) is 6. The molecule has 0 bridgehead atoms. The summed E-state index contributed by atoms with van der Waals surface area (Å²) in [6.45, 7) is 0. The van der Waals surface area contributed by atoms with Crippen LogP contribution in [-0.2, 0) is 9.59 Å². The van der Waals surface area contributed by atoms with Crippen LogP contribution in [0, 0.1) is 0 Å². The van der Waals surface area contributed by atoms with E-state index in [0.29, 0.717) is 27.8 Å². The fourth-order valence-electron chi connectivity index (χ4n) is 3.28. The fourth-order valence-corrected chi connectivity index (χ4v) is 4.50. The van der Waals surface area contributed by atoms with Crippen molar-refractivity contribution in [2.45, 2.75) is 9.79 Å². The third kappa shape index (κ3) is 5.09. The molecule has 1 fully saturated rings. The van der Waals surface area contributed by atoms with Gasteiger partial charge in [0.05, 0.1) is 19.9 Å². The second-order valence-corrected chi connectivity index (χ2v) is 9.09. The van der Waals surface area contributed by atoms with Gasteiger partial charge in [-0.25, -0.2) is 4.90 Å². The normalized spacial score (nSPS) is 14.9. The summed E-state index contributed by atoms with van der Waals surface area (Å²) in [5.41, 5.74) is 1.07. The molecule has 9 heteroatoms. The van der Waals surface area contributed by atoms with E-state index in [1.54, 1.807) is 36.0 Å². The lowest BCUT2D eigenvalue weighted by atomic mass is 10.1. The van der Waals surface area contributed by atoms with Crippen molar-refractivity contribution in [1.82, 2.24) is 5.32 Å². The molecule has 6 nitrogen and oxygen atoms in total. The Morgan fingerprint density at radius 1 is 0.941 bits per heavy atom. The van der Waals surface area contributed by atoms with Gasteiger partial charge in [-0.3, -0.25) is 14.9 Å². The van der Waals surface area contributed by atoms with Gasteiger partial charge >= 0.3 is 0 Å². The molecule has 0 aliphatic carbocycles. The smallest absolute Gasteiger partial charge is 0.270 e. The predicted molar refractivity (Wildman–Crippen MR) is 138 cm³/mol. The number of methoxy groups -OCH3 is 2. The van der Waals surface area contributed by atoms with E-state index in [0.717, 1.165) is 9.79 Å². The van der Waals surface area contributed by atoms with Gasteiger partial charge in [0.25, 0.3) is 11.8 Å². The van der Waals surface area contributed by atoms with Crippen molar-refractivity contribution in [3.8, 4) is 11.5 Å². The van der Waals surface area contributed by atoms with Crippen LogP contribution in [0.5, 0.6) is 11.5 Å². The number of rotatable bonds is 6. The zero-order valence-corrected chi connectivity index (χ0v) is 20.6. The van der Waals surface area contributed by atoms with Gasteiger partial charge in [-0.2, -0.15) is 0 Å². The molecule has 172 valence electrons. The van der Waals surface area contributed by atoms with Crippen LogP contribution >= 0.6 is 35.6 Å². The first-order chi connectivity index (χ1) is 16.4. The standard InChI is InChI=1S/C25H19ClN2O4S2/c1-31-17-7-12-21(22(14-17)32-2)28-24(30)20(23(29)27-25(28)33)13-15-3-8-18(9-4-15)34-19-10-5-16(26)6-11-19/h3-14H,1-2H3,(H,27,29,33)/b20-13+. The van der Waals surface area contributed by atoms with E-state index in [4.69, 9.17) is 33.3 Å². The number of hydrogen-bond donors (Lipinski definition) is 1. The van der Waals surface area contributed by atoms with E-state index >= 15 is 0 Å². The Balaban J connectivity index is 1.60. The summed E-state index contributed by atoms with van der Waals surface area (Å²) >= 11 is 12.8. The number of carbonyl (C=O) groups excluding carboxylic acids is 2. The quantitative estimate of drug-likeness (QED) is 0.274. The van der Waals surface area contributed by atoms with Gasteiger partial charge in [-0.15, -0.1) is 0 Å². The van der Waals surface area contributed by atoms with Crippen LogP contribution in [-0.4, -0.2) is 31.1 Å². The maximum Gasteiger partial charge on any atom is 0.270 e. The topological polar surface area (TPSA) is 67.9 Å². The van der Waals surface area contributed by atoms with E-state index in [1.165, 1.54) is 19.1 Å². The zero-order valence-electron chi connectivity index (χ0n) is 18.2. The highest BCUT2D eigenvalue weighted by molar-refractivity contribution is 7.99. The van der Waals surface area contributed by atoms with Gasteiger partial charge in [0.15, 0.2) is 5.11 Å². The molecule has 2 amide bonds.